The molecule has 2 atom stereocenters. The van der Waals surface area contributed by atoms with E-state index in [0.717, 1.165) is 16.2 Å². The smallest absolute Gasteiger partial charge is 0.299 e. The Kier molecular flexibility index (Phi) is 7.38. The standard InChI is InChI=1S/C44H34N2O2S2/c1-44(2)36-14-7-6-12-33(36)34-17-15-30(23-37(34)44)46-38-22-29(21-28-11-8-13-35(42(28)38)43(46)27-9-4-3-5-10-27)39-19-20-41(50-39)40-18-16-32(49-40)24-31(25-45)48-26-47/h3-7,9-10,12,14-24,26,35,43H,8,11,13H2,1-2H3/b31-24+. The van der Waals surface area contributed by atoms with Gasteiger partial charge in [-0.25, -0.2) is 0 Å². The highest BCUT2D eigenvalue weighted by molar-refractivity contribution is 7.24. The molecule has 6 aromatic rings. The molecular formula is C44H34N2O2S2. The number of thiophene rings is 2. The molecule has 1 aliphatic heterocycles. The molecule has 0 bridgehead atoms. The molecule has 0 fully saturated rings. The van der Waals surface area contributed by atoms with Crippen LogP contribution < -0.4 is 4.90 Å². The summed E-state index contributed by atoms with van der Waals surface area (Å²) in [5.74, 6) is 0.419. The molecule has 0 radical (unpaired) electrons. The summed E-state index contributed by atoms with van der Waals surface area (Å²) in [6.45, 7) is 5.02. The van der Waals surface area contributed by atoms with Crippen molar-refractivity contribution >= 4 is 46.6 Å². The number of fused-ring (bicyclic) bond motifs is 3. The molecule has 3 aliphatic rings. The summed E-state index contributed by atoms with van der Waals surface area (Å²) in [5.41, 5.74) is 13.6. The van der Waals surface area contributed by atoms with Gasteiger partial charge in [0.2, 0.25) is 5.76 Å². The number of nitriles is 1. The predicted octanol–water partition coefficient (Wildman–Crippen LogP) is 11.8. The molecule has 0 amide bonds. The van der Waals surface area contributed by atoms with Crippen molar-refractivity contribution in [3.63, 3.8) is 0 Å². The number of hydrogen-bond acceptors (Lipinski definition) is 6. The van der Waals surface area contributed by atoms with Gasteiger partial charge in [0.15, 0.2) is 0 Å². The molecule has 2 aliphatic carbocycles. The number of hydrogen-bond donors (Lipinski definition) is 0. The minimum Gasteiger partial charge on any atom is -0.417 e. The fourth-order valence-corrected chi connectivity index (χ4v) is 10.6. The summed E-state index contributed by atoms with van der Waals surface area (Å²) in [5, 5.41) is 9.28. The van der Waals surface area contributed by atoms with E-state index in [9.17, 15) is 10.1 Å². The zero-order chi connectivity index (χ0) is 34.0. The van der Waals surface area contributed by atoms with Crippen LogP contribution >= 0.6 is 22.7 Å². The Morgan fingerprint density at radius 1 is 0.860 bits per heavy atom. The number of carbonyl (C=O) groups is 1. The van der Waals surface area contributed by atoms with Gasteiger partial charge in [-0.1, -0.05) is 74.5 Å². The molecule has 244 valence electrons. The van der Waals surface area contributed by atoms with Crippen molar-refractivity contribution in [2.24, 2.45) is 0 Å². The Balaban J connectivity index is 1.15. The molecule has 9 rings (SSSR count). The monoisotopic (exact) mass is 686 g/mol. The lowest BCUT2D eigenvalue weighted by Gasteiger charge is -2.33. The number of ether oxygens (including phenoxy) is 1. The first kappa shape index (κ1) is 30.8. The molecule has 50 heavy (non-hydrogen) atoms. The molecular weight excluding hydrogens is 653 g/mol. The zero-order valence-corrected chi connectivity index (χ0v) is 29.5. The summed E-state index contributed by atoms with van der Waals surface area (Å²) in [6.07, 6.45) is 5.07. The quantitative estimate of drug-likeness (QED) is 0.0953. The number of rotatable bonds is 7. The normalized spacial score (nSPS) is 18.3. The van der Waals surface area contributed by atoms with Crippen LogP contribution in [0.15, 0.2) is 115 Å². The number of aryl methyl sites for hydroxylation is 1. The lowest BCUT2D eigenvalue weighted by molar-refractivity contribution is -0.124. The first-order chi connectivity index (χ1) is 24.4. The van der Waals surface area contributed by atoms with E-state index in [4.69, 9.17) is 4.74 Å². The molecule has 4 aromatic carbocycles. The molecule has 4 nitrogen and oxygen atoms in total. The average Bonchev–Trinajstić information content (AvgIpc) is 3.93. The van der Waals surface area contributed by atoms with Gasteiger partial charge in [0.1, 0.15) is 6.07 Å². The van der Waals surface area contributed by atoms with Crippen LogP contribution in [0, 0.1) is 11.3 Å². The van der Waals surface area contributed by atoms with Crippen LogP contribution in [-0.4, -0.2) is 6.47 Å². The summed E-state index contributed by atoms with van der Waals surface area (Å²) in [4.78, 5) is 17.8. The Morgan fingerprint density at radius 2 is 1.62 bits per heavy atom. The summed E-state index contributed by atoms with van der Waals surface area (Å²) >= 11 is 3.37. The summed E-state index contributed by atoms with van der Waals surface area (Å²) in [6, 6.07) is 42.7. The molecule has 6 heteroatoms. The summed E-state index contributed by atoms with van der Waals surface area (Å²) < 4.78 is 4.79. The van der Waals surface area contributed by atoms with Gasteiger partial charge in [0.25, 0.3) is 6.47 Å². The Labute approximate surface area is 300 Å². The van der Waals surface area contributed by atoms with Gasteiger partial charge in [-0.2, -0.15) is 5.26 Å². The minimum absolute atomic E-state index is 0.0134. The van der Waals surface area contributed by atoms with E-state index in [1.165, 1.54) is 78.5 Å². The second-order valence-electron chi connectivity index (χ2n) is 13.9. The van der Waals surface area contributed by atoms with Crippen LogP contribution in [0.5, 0.6) is 0 Å². The average molecular weight is 687 g/mol. The Hall–Kier alpha value is -5.22. The third kappa shape index (κ3) is 4.87. The van der Waals surface area contributed by atoms with Crippen LogP contribution in [0.2, 0.25) is 0 Å². The Bertz CT molecular complexity index is 2370. The van der Waals surface area contributed by atoms with E-state index in [-0.39, 0.29) is 23.7 Å². The van der Waals surface area contributed by atoms with E-state index < -0.39 is 0 Å². The maximum Gasteiger partial charge on any atom is 0.299 e. The van der Waals surface area contributed by atoms with Crippen LogP contribution in [0.25, 0.3) is 37.4 Å². The van der Waals surface area contributed by atoms with Crippen LogP contribution in [-0.2, 0) is 21.4 Å². The molecule has 2 unspecified atom stereocenters. The van der Waals surface area contributed by atoms with Crippen molar-refractivity contribution < 1.29 is 9.53 Å². The zero-order valence-electron chi connectivity index (χ0n) is 27.9. The van der Waals surface area contributed by atoms with Crippen molar-refractivity contribution in [3.8, 4) is 37.4 Å². The van der Waals surface area contributed by atoms with Crippen molar-refractivity contribution in [1.29, 1.82) is 5.26 Å². The number of allylic oxidation sites excluding steroid dienone is 1. The highest BCUT2D eigenvalue weighted by Crippen LogP contribution is 2.59. The van der Waals surface area contributed by atoms with Crippen molar-refractivity contribution in [2.45, 2.75) is 50.5 Å². The third-order valence-electron chi connectivity index (χ3n) is 10.8. The Morgan fingerprint density at radius 3 is 2.46 bits per heavy atom. The lowest BCUT2D eigenvalue weighted by atomic mass is 9.78. The fourth-order valence-electron chi connectivity index (χ4n) is 8.61. The third-order valence-corrected chi connectivity index (χ3v) is 13.2. The van der Waals surface area contributed by atoms with Gasteiger partial charge >= 0.3 is 0 Å². The molecule has 3 heterocycles. The van der Waals surface area contributed by atoms with Crippen LogP contribution in [0.4, 0.5) is 11.4 Å². The molecule has 0 spiro atoms. The van der Waals surface area contributed by atoms with Gasteiger partial charge in [0.05, 0.1) is 6.04 Å². The van der Waals surface area contributed by atoms with E-state index in [1.54, 1.807) is 28.7 Å². The van der Waals surface area contributed by atoms with Gasteiger partial charge < -0.3 is 9.64 Å². The van der Waals surface area contributed by atoms with Gasteiger partial charge in [-0.15, -0.1) is 22.7 Å². The van der Waals surface area contributed by atoms with Gasteiger partial charge in [-0.05, 0) is 112 Å². The topological polar surface area (TPSA) is 53.3 Å². The summed E-state index contributed by atoms with van der Waals surface area (Å²) in [7, 11) is 0. The maximum atomic E-state index is 10.8. The van der Waals surface area contributed by atoms with E-state index in [1.807, 2.05) is 12.1 Å². The van der Waals surface area contributed by atoms with E-state index in [2.05, 4.69) is 122 Å². The van der Waals surface area contributed by atoms with Crippen LogP contribution in [0.1, 0.15) is 71.3 Å². The molecule has 0 saturated carbocycles. The molecule has 0 saturated heterocycles. The first-order valence-corrected chi connectivity index (χ1v) is 18.8. The predicted molar refractivity (Wildman–Crippen MR) is 205 cm³/mol. The van der Waals surface area contributed by atoms with E-state index >= 15 is 0 Å². The maximum absolute atomic E-state index is 10.8. The second kappa shape index (κ2) is 12.0. The van der Waals surface area contributed by atoms with Crippen molar-refractivity contribution in [3.05, 3.63) is 148 Å². The first-order valence-electron chi connectivity index (χ1n) is 17.1. The molecule has 0 N–H and O–H groups in total. The highest BCUT2D eigenvalue weighted by Gasteiger charge is 2.44. The number of nitrogens with zero attached hydrogens (tertiary/aromatic N) is 2. The molecule has 2 aromatic heterocycles. The van der Waals surface area contributed by atoms with Crippen molar-refractivity contribution in [2.75, 3.05) is 4.90 Å². The number of carbonyl (C=O) groups excluding carboxylic acids is 1. The van der Waals surface area contributed by atoms with Gasteiger partial charge in [-0.3, -0.25) is 4.79 Å². The van der Waals surface area contributed by atoms with E-state index in [0.29, 0.717) is 5.92 Å². The largest absolute Gasteiger partial charge is 0.417 e. The van der Waals surface area contributed by atoms with Crippen molar-refractivity contribution in [1.82, 2.24) is 0 Å². The lowest BCUT2D eigenvalue weighted by Crippen LogP contribution is -2.23. The number of anilines is 2. The van der Waals surface area contributed by atoms with Crippen LogP contribution in [0.3, 0.4) is 0 Å². The minimum atomic E-state index is -0.0738. The van der Waals surface area contributed by atoms with Gasteiger partial charge in [0, 0.05) is 48.3 Å². The number of benzene rings is 4. The fraction of sp³-hybridized carbons (Fsp3) is 0.182. The SMILES string of the molecule is CC1(C)c2ccccc2-c2ccc(N3c4cc(-c5ccc(-c6ccc(/C=C(\C#N)OC=O)s6)s5)cc5c4C(CCC5)C3c3ccccc3)cc21. The highest BCUT2D eigenvalue weighted by atomic mass is 32.1. The second-order valence-corrected chi connectivity index (χ2v) is 16.1.